The van der Waals surface area contributed by atoms with Crippen LogP contribution in [0.25, 0.3) is 6.08 Å². The van der Waals surface area contributed by atoms with Crippen LogP contribution in [0.4, 0.5) is 0 Å². The fraction of sp³-hybridized carbons (Fsp3) is 0.353. The molecule has 0 atom stereocenters. The maximum atomic E-state index is 12.5. The minimum absolute atomic E-state index is 0.117. The van der Waals surface area contributed by atoms with Crippen molar-refractivity contribution in [1.82, 2.24) is 4.90 Å². The van der Waals surface area contributed by atoms with Gasteiger partial charge in [0.2, 0.25) is 0 Å². The second-order valence-electron chi connectivity index (χ2n) is 5.05. The monoisotopic (exact) mass is 365 g/mol. The molecular formula is C17H19NO4S2. The highest BCUT2D eigenvalue weighted by molar-refractivity contribution is 8.26. The van der Waals surface area contributed by atoms with Crippen LogP contribution in [0.3, 0.4) is 0 Å². The van der Waals surface area contributed by atoms with E-state index in [0.717, 1.165) is 17.7 Å². The van der Waals surface area contributed by atoms with Gasteiger partial charge >= 0.3 is 5.97 Å². The Labute approximate surface area is 151 Å². The van der Waals surface area contributed by atoms with E-state index in [1.54, 1.807) is 6.08 Å². The Morgan fingerprint density at radius 3 is 2.83 bits per heavy atom. The number of carbonyl (C=O) groups is 2. The maximum Gasteiger partial charge on any atom is 0.307 e. The van der Waals surface area contributed by atoms with E-state index in [-0.39, 0.29) is 24.8 Å². The summed E-state index contributed by atoms with van der Waals surface area (Å²) >= 11 is 6.48. The molecule has 0 radical (unpaired) electrons. The number of hydrogen-bond donors (Lipinski definition) is 0. The topological polar surface area (TPSA) is 55.8 Å². The van der Waals surface area contributed by atoms with Gasteiger partial charge < -0.3 is 9.47 Å². The van der Waals surface area contributed by atoms with Crippen molar-refractivity contribution < 1.29 is 19.1 Å². The number of hydrogen-bond acceptors (Lipinski definition) is 6. The summed E-state index contributed by atoms with van der Waals surface area (Å²) in [6.45, 7) is 2.88. The fourth-order valence-electron chi connectivity index (χ4n) is 2.08. The number of nitrogens with zero attached hydrogens (tertiary/aromatic N) is 1. The number of esters is 1. The lowest BCUT2D eigenvalue weighted by Gasteiger charge is -2.13. The molecule has 0 unspecified atom stereocenters. The minimum atomic E-state index is -0.369. The largest absolute Gasteiger partial charge is 0.493 e. The predicted octanol–water partition coefficient (Wildman–Crippen LogP) is 3.24. The molecule has 1 amide bonds. The van der Waals surface area contributed by atoms with Crippen molar-refractivity contribution in [2.75, 3.05) is 20.3 Å². The number of ether oxygens (including phenoxy) is 2. The first-order valence-corrected chi connectivity index (χ1v) is 8.83. The van der Waals surface area contributed by atoms with Crippen molar-refractivity contribution in [2.24, 2.45) is 0 Å². The molecule has 0 spiro atoms. The van der Waals surface area contributed by atoms with E-state index in [9.17, 15) is 9.59 Å². The lowest BCUT2D eigenvalue weighted by molar-refractivity contribution is -0.140. The summed E-state index contributed by atoms with van der Waals surface area (Å²) in [7, 11) is 1.32. The van der Waals surface area contributed by atoms with Crippen molar-refractivity contribution >= 4 is 46.3 Å². The highest BCUT2D eigenvalue weighted by Gasteiger charge is 2.32. The lowest BCUT2D eigenvalue weighted by atomic mass is 10.2. The van der Waals surface area contributed by atoms with Crippen molar-refractivity contribution in [3.8, 4) is 5.75 Å². The van der Waals surface area contributed by atoms with Crippen LogP contribution in [0.1, 0.15) is 25.3 Å². The van der Waals surface area contributed by atoms with Gasteiger partial charge in [0.1, 0.15) is 10.1 Å². The summed E-state index contributed by atoms with van der Waals surface area (Å²) in [5, 5.41) is 0. The Kier molecular flexibility index (Phi) is 6.81. The summed E-state index contributed by atoms with van der Waals surface area (Å²) < 4.78 is 10.8. The van der Waals surface area contributed by atoms with E-state index >= 15 is 0 Å². The van der Waals surface area contributed by atoms with E-state index in [0.29, 0.717) is 15.8 Å². The Bertz CT molecular complexity index is 672. The molecule has 24 heavy (non-hydrogen) atoms. The van der Waals surface area contributed by atoms with Gasteiger partial charge in [-0.15, -0.1) is 0 Å². The zero-order valence-electron chi connectivity index (χ0n) is 13.6. The van der Waals surface area contributed by atoms with E-state index in [4.69, 9.17) is 17.0 Å². The van der Waals surface area contributed by atoms with Gasteiger partial charge in [0.25, 0.3) is 5.91 Å². The van der Waals surface area contributed by atoms with Crippen LogP contribution in [0.15, 0.2) is 29.2 Å². The molecule has 1 heterocycles. The molecule has 1 aromatic carbocycles. The Morgan fingerprint density at radius 2 is 2.12 bits per heavy atom. The number of thioether (sulfide) groups is 1. The average Bonchev–Trinajstić information content (AvgIpc) is 2.85. The van der Waals surface area contributed by atoms with Gasteiger partial charge in [-0.05, 0) is 18.6 Å². The van der Waals surface area contributed by atoms with Crippen LogP contribution in [0, 0.1) is 0 Å². The lowest BCUT2D eigenvalue weighted by Crippen LogP contribution is -2.30. The third kappa shape index (κ3) is 4.58. The van der Waals surface area contributed by atoms with Gasteiger partial charge in [-0.25, -0.2) is 0 Å². The molecule has 128 valence electrons. The number of rotatable bonds is 7. The molecule has 0 saturated carbocycles. The number of thiocarbonyl (C=S) groups is 1. The van der Waals surface area contributed by atoms with Crippen molar-refractivity contribution in [3.63, 3.8) is 0 Å². The summed E-state index contributed by atoms with van der Waals surface area (Å²) in [4.78, 5) is 25.7. The fourth-order valence-corrected chi connectivity index (χ4v) is 3.38. The zero-order chi connectivity index (χ0) is 17.5. The van der Waals surface area contributed by atoms with Crippen LogP contribution in [0.5, 0.6) is 5.75 Å². The standard InChI is InChI=1S/C17H19NO4S2/c1-3-10-22-13-7-5-4-6-12(13)11-14-16(20)18(17(23)24-14)9-8-15(19)21-2/h4-7,11H,3,8-10H2,1-2H3/b14-11+. The molecule has 1 aliphatic heterocycles. The molecule has 1 aromatic rings. The molecule has 5 nitrogen and oxygen atoms in total. The first kappa shape index (κ1) is 18.5. The van der Waals surface area contributed by atoms with E-state index in [1.165, 1.54) is 23.8 Å². The molecule has 0 aromatic heterocycles. The summed E-state index contributed by atoms with van der Waals surface area (Å²) in [6, 6.07) is 7.55. The second-order valence-corrected chi connectivity index (χ2v) is 6.72. The van der Waals surface area contributed by atoms with Crippen LogP contribution < -0.4 is 4.74 Å². The van der Waals surface area contributed by atoms with Gasteiger partial charge in [0, 0.05) is 12.1 Å². The van der Waals surface area contributed by atoms with Gasteiger partial charge in [-0.2, -0.15) is 0 Å². The SMILES string of the molecule is CCCOc1ccccc1/C=C1/SC(=S)N(CCC(=O)OC)C1=O. The normalized spacial score (nSPS) is 15.9. The number of para-hydroxylation sites is 1. The Balaban J connectivity index is 2.15. The zero-order valence-corrected chi connectivity index (χ0v) is 15.2. The third-order valence-corrected chi connectivity index (χ3v) is 4.69. The number of amides is 1. The molecule has 0 aliphatic carbocycles. The maximum absolute atomic E-state index is 12.5. The van der Waals surface area contributed by atoms with Gasteiger partial charge in [0.15, 0.2) is 0 Å². The molecule has 1 fully saturated rings. The van der Waals surface area contributed by atoms with Crippen LogP contribution in [-0.4, -0.2) is 41.4 Å². The first-order valence-electron chi connectivity index (χ1n) is 7.60. The van der Waals surface area contributed by atoms with Crippen LogP contribution in [-0.2, 0) is 14.3 Å². The molecule has 0 bridgehead atoms. The van der Waals surface area contributed by atoms with Crippen LogP contribution >= 0.6 is 24.0 Å². The number of carbonyl (C=O) groups excluding carboxylic acids is 2. The van der Waals surface area contributed by atoms with Crippen LogP contribution in [0.2, 0.25) is 0 Å². The Hall–Kier alpha value is -1.86. The highest BCUT2D eigenvalue weighted by Crippen LogP contribution is 2.34. The summed E-state index contributed by atoms with van der Waals surface area (Å²) in [5.41, 5.74) is 0.833. The number of benzene rings is 1. The summed E-state index contributed by atoms with van der Waals surface area (Å²) in [5.74, 6) is 0.171. The van der Waals surface area contributed by atoms with E-state index in [2.05, 4.69) is 4.74 Å². The van der Waals surface area contributed by atoms with Gasteiger partial charge in [-0.3, -0.25) is 14.5 Å². The second kappa shape index (κ2) is 8.84. The van der Waals surface area contributed by atoms with Crippen molar-refractivity contribution in [1.29, 1.82) is 0 Å². The molecular weight excluding hydrogens is 346 g/mol. The highest BCUT2D eigenvalue weighted by atomic mass is 32.2. The average molecular weight is 365 g/mol. The van der Waals surface area contributed by atoms with Crippen molar-refractivity contribution in [2.45, 2.75) is 19.8 Å². The van der Waals surface area contributed by atoms with E-state index < -0.39 is 0 Å². The molecule has 7 heteroatoms. The minimum Gasteiger partial charge on any atom is -0.493 e. The predicted molar refractivity (Wildman–Crippen MR) is 98.7 cm³/mol. The van der Waals surface area contributed by atoms with Crippen molar-refractivity contribution in [3.05, 3.63) is 34.7 Å². The third-order valence-electron chi connectivity index (χ3n) is 3.31. The first-order chi connectivity index (χ1) is 11.6. The number of methoxy groups -OCH3 is 1. The smallest absolute Gasteiger partial charge is 0.307 e. The molecule has 1 aliphatic rings. The molecule has 1 saturated heterocycles. The summed E-state index contributed by atoms with van der Waals surface area (Å²) in [6.07, 6.45) is 2.80. The molecule has 0 N–H and O–H groups in total. The van der Waals surface area contributed by atoms with Gasteiger partial charge in [0.05, 0.1) is 25.0 Å². The van der Waals surface area contributed by atoms with Gasteiger partial charge in [-0.1, -0.05) is 49.1 Å². The molecule has 2 rings (SSSR count). The quantitative estimate of drug-likeness (QED) is 0.420. The van der Waals surface area contributed by atoms with E-state index in [1.807, 2.05) is 31.2 Å². The Morgan fingerprint density at radius 1 is 1.38 bits per heavy atom.